The predicted molar refractivity (Wildman–Crippen MR) is 131 cm³/mol. The molecule has 1 aromatic carbocycles. The number of aromatic nitrogens is 1. The number of carbonyl (C=O) groups excluding carboxylic acids is 1. The summed E-state index contributed by atoms with van der Waals surface area (Å²) in [6, 6.07) is 8.00. The topological polar surface area (TPSA) is 100 Å². The lowest BCUT2D eigenvalue weighted by Crippen LogP contribution is -2.50. The molecule has 0 saturated heterocycles. The first-order chi connectivity index (χ1) is 16.1. The summed E-state index contributed by atoms with van der Waals surface area (Å²) >= 11 is 0. The number of amides is 1. The molecule has 184 valence electrons. The third-order valence-electron chi connectivity index (χ3n) is 6.07. The van der Waals surface area contributed by atoms with Crippen LogP contribution in [0.4, 0.5) is 0 Å². The lowest BCUT2D eigenvalue weighted by Gasteiger charge is -2.37. The van der Waals surface area contributed by atoms with E-state index in [2.05, 4.69) is 4.98 Å². The van der Waals surface area contributed by atoms with Crippen molar-refractivity contribution in [3.05, 3.63) is 59.3 Å². The molecule has 1 aliphatic rings. The van der Waals surface area contributed by atoms with Gasteiger partial charge in [-0.2, -0.15) is 4.31 Å². The smallest absolute Gasteiger partial charge is 0.259 e. The first kappa shape index (κ1) is 25.9. The number of likely N-dealkylation sites (N-methyl/N-ethyl adjacent to an activating group) is 1. The number of allylic oxidation sites excluding steroid dienone is 1. The van der Waals surface area contributed by atoms with Crippen LogP contribution < -0.4 is 4.74 Å². The zero-order valence-corrected chi connectivity index (χ0v) is 21.1. The monoisotopic (exact) mass is 487 g/mol. The van der Waals surface area contributed by atoms with Gasteiger partial charge in [0.25, 0.3) is 5.91 Å². The Bertz CT molecular complexity index is 1150. The van der Waals surface area contributed by atoms with E-state index in [1.807, 2.05) is 32.9 Å². The number of rotatable bonds is 7. The quantitative estimate of drug-likeness (QED) is 0.645. The third-order valence-corrected chi connectivity index (χ3v) is 7.91. The molecule has 1 amide bonds. The summed E-state index contributed by atoms with van der Waals surface area (Å²) in [7, 11) is -2.21. The van der Waals surface area contributed by atoms with Gasteiger partial charge in [0.1, 0.15) is 11.7 Å². The van der Waals surface area contributed by atoms with Crippen LogP contribution in [0, 0.1) is 12.8 Å². The minimum atomic E-state index is -3.73. The van der Waals surface area contributed by atoms with E-state index in [0.29, 0.717) is 6.54 Å². The highest BCUT2D eigenvalue weighted by Crippen LogP contribution is 2.28. The van der Waals surface area contributed by atoms with Crippen molar-refractivity contribution in [3.8, 4) is 5.88 Å². The SMILES string of the molecule is C/C=C/c1cnc2c(c1)C(=O)N([C@@H](C)CO)C[C@H](C)[C@H](CN(C)S(=O)(=O)c1ccc(C)cc1)O2. The van der Waals surface area contributed by atoms with Crippen LogP contribution in [0.1, 0.15) is 42.3 Å². The second-order valence-electron chi connectivity index (χ2n) is 8.84. The van der Waals surface area contributed by atoms with Crippen LogP contribution in [0.5, 0.6) is 5.88 Å². The molecule has 8 nitrogen and oxygen atoms in total. The summed E-state index contributed by atoms with van der Waals surface area (Å²) in [5.41, 5.74) is 2.01. The van der Waals surface area contributed by atoms with E-state index in [1.165, 1.54) is 11.4 Å². The summed E-state index contributed by atoms with van der Waals surface area (Å²) in [5.74, 6) is -0.341. The molecule has 1 aromatic heterocycles. The second-order valence-corrected chi connectivity index (χ2v) is 10.9. The Kier molecular flexibility index (Phi) is 8.12. The molecular formula is C25H33N3O5S. The summed E-state index contributed by atoms with van der Waals surface area (Å²) in [6.45, 7) is 7.64. The van der Waals surface area contributed by atoms with Gasteiger partial charge in [-0.1, -0.05) is 36.8 Å². The van der Waals surface area contributed by atoms with Crippen molar-refractivity contribution < 1.29 is 23.1 Å². The van der Waals surface area contributed by atoms with Crippen LogP contribution in [0.3, 0.4) is 0 Å². The fourth-order valence-corrected chi connectivity index (χ4v) is 5.04. The van der Waals surface area contributed by atoms with E-state index < -0.39 is 22.2 Å². The Labute approximate surface area is 201 Å². The van der Waals surface area contributed by atoms with Crippen molar-refractivity contribution in [2.24, 2.45) is 5.92 Å². The molecule has 3 atom stereocenters. The van der Waals surface area contributed by atoms with Crippen LogP contribution in [-0.2, 0) is 10.0 Å². The van der Waals surface area contributed by atoms with Crippen molar-refractivity contribution in [3.63, 3.8) is 0 Å². The predicted octanol–water partition coefficient (Wildman–Crippen LogP) is 2.96. The Balaban J connectivity index is 1.97. The minimum absolute atomic E-state index is 0.0741. The van der Waals surface area contributed by atoms with Crippen molar-refractivity contribution in [1.82, 2.24) is 14.2 Å². The Morgan fingerprint density at radius 2 is 2.00 bits per heavy atom. The van der Waals surface area contributed by atoms with Gasteiger partial charge in [-0.25, -0.2) is 13.4 Å². The van der Waals surface area contributed by atoms with Gasteiger partial charge in [0.15, 0.2) is 0 Å². The first-order valence-electron chi connectivity index (χ1n) is 11.3. The van der Waals surface area contributed by atoms with Gasteiger partial charge in [-0.05, 0) is 44.5 Å². The fraction of sp³-hybridized carbons (Fsp3) is 0.440. The number of aryl methyl sites for hydroxylation is 1. The summed E-state index contributed by atoms with van der Waals surface area (Å²) < 4.78 is 33.8. The van der Waals surface area contributed by atoms with Crippen molar-refractivity contribution in [2.45, 2.75) is 44.7 Å². The van der Waals surface area contributed by atoms with Gasteiger partial charge >= 0.3 is 0 Å². The Morgan fingerprint density at radius 3 is 2.62 bits per heavy atom. The summed E-state index contributed by atoms with van der Waals surface area (Å²) in [6.07, 6.45) is 4.73. The minimum Gasteiger partial charge on any atom is -0.472 e. The molecule has 1 N–H and O–H groups in total. The maximum absolute atomic E-state index is 13.4. The second kappa shape index (κ2) is 10.7. The van der Waals surface area contributed by atoms with Crippen molar-refractivity contribution >= 4 is 22.0 Å². The Hall–Kier alpha value is -2.75. The number of aliphatic hydroxyl groups is 1. The molecular weight excluding hydrogens is 454 g/mol. The number of ether oxygens (including phenoxy) is 1. The molecule has 0 bridgehead atoms. The van der Waals surface area contributed by atoms with Crippen molar-refractivity contribution in [2.75, 3.05) is 26.7 Å². The summed E-state index contributed by atoms with van der Waals surface area (Å²) in [4.78, 5) is 19.6. The molecule has 0 unspecified atom stereocenters. The molecule has 0 radical (unpaired) electrons. The highest BCUT2D eigenvalue weighted by Gasteiger charge is 2.35. The lowest BCUT2D eigenvalue weighted by molar-refractivity contribution is 0.0373. The molecule has 2 aromatic rings. The number of nitrogens with zero attached hydrogens (tertiary/aromatic N) is 3. The molecule has 34 heavy (non-hydrogen) atoms. The largest absolute Gasteiger partial charge is 0.472 e. The van der Waals surface area contributed by atoms with Gasteiger partial charge in [-0.3, -0.25) is 4.79 Å². The maximum Gasteiger partial charge on any atom is 0.259 e. The summed E-state index contributed by atoms with van der Waals surface area (Å²) in [5, 5.41) is 9.76. The number of fused-ring (bicyclic) bond motifs is 1. The van der Waals surface area contributed by atoms with Crippen LogP contribution in [-0.4, -0.2) is 72.5 Å². The van der Waals surface area contributed by atoms with E-state index in [9.17, 15) is 18.3 Å². The molecule has 0 saturated carbocycles. The number of aliphatic hydroxyl groups excluding tert-OH is 1. The maximum atomic E-state index is 13.4. The zero-order valence-electron chi connectivity index (χ0n) is 20.3. The number of hydrogen-bond donors (Lipinski definition) is 1. The van der Waals surface area contributed by atoms with Gasteiger partial charge < -0.3 is 14.7 Å². The van der Waals surface area contributed by atoms with Crippen LogP contribution >= 0.6 is 0 Å². The van der Waals surface area contributed by atoms with Gasteiger partial charge in [0.2, 0.25) is 15.9 Å². The zero-order chi connectivity index (χ0) is 25.0. The average molecular weight is 488 g/mol. The van der Waals surface area contributed by atoms with Crippen molar-refractivity contribution in [1.29, 1.82) is 0 Å². The van der Waals surface area contributed by atoms with Crippen LogP contribution in [0.2, 0.25) is 0 Å². The molecule has 0 spiro atoms. The molecule has 2 heterocycles. The number of pyridine rings is 1. The Morgan fingerprint density at radius 1 is 1.32 bits per heavy atom. The molecule has 1 aliphatic heterocycles. The first-order valence-corrected chi connectivity index (χ1v) is 12.8. The number of sulfonamides is 1. The lowest BCUT2D eigenvalue weighted by atomic mass is 10.00. The van der Waals surface area contributed by atoms with E-state index in [0.717, 1.165) is 11.1 Å². The number of hydrogen-bond acceptors (Lipinski definition) is 6. The van der Waals surface area contributed by atoms with Crippen LogP contribution in [0.15, 0.2) is 47.5 Å². The molecule has 0 fully saturated rings. The highest BCUT2D eigenvalue weighted by molar-refractivity contribution is 7.89. The number of benzene rings is 1. The average Bonchev–Trinajstić information content (AvgIpc) is 2.81. The van der Waals surface area contributed by atoms with Crippen LogP contribution in [0.25, 0.3) is 6.08 Å². The van der Waals surface area contributed by atoms with E-state index in [4.69, 9.17) is 4.74 Å². The van der Waals surface area contributed by atoms with Gasteiger partial charge in [-0.15, -0.1) is 0 Å². The molecule has 0 aliphatic carbocycles. The van der Waals surface area contributed by atoms with E-state index in [-0.39, 0.29) is 41.3 Å². The molecule has 3 rings (SSSR count). The van der Waals surface area contributed by atoms with Gasteiger partial charge in [0, 0.05) is 25.7 Å². The fourth-order valence-electron chi connectivity index (χ4n) is 3.86. The highest BCUT2D eigenvalue weighted by atomic mass is 32.2. The standard InChI is InChI=1S/C25H33N3O5S/c1-6-7-20-12-22-24(26-13-20)33-23(18(3)14-28(25(22)30)19(4)16-29)15-27(5)34(31,32)21-10-8-17(2)9-11-21/h6-13,18-19,23,29H,14-16H2,1-5H3/b7-6+/t18-,19-,23-/m0/s1. The number of carbonyl (C=O) groups is 1. The van der Waals surface area contributed by atoms with Gasteiger partial charge in [0.05, 0.1) is 24.1 Å². The molecule has 9 heteroatoms. The third kappa shape index (κ3) is 5.48. The van der Waals surface area contributed by atoms with E-state index in [1.54, 1.807) is 48.4 Å². The van der Waals surface area contributed by atoms with E-state index >= 15 is 0 Å². The normalized spacial score (nSPS) is 20.1.